The molecule has 0 saturated heterocycles. The largest absolute Gasteiger partial charge is 0.389 e. The lowest BCUT2D eigenvalue weighted by Gasteiger charge is -2.19. The van der Waals surface area contributed by atoms with E-state index in [-0.39, 0.29) is 5.82 Å². The Balaban J connectivity index is 2.47. The highest BCUT2D eigenvalue weighted by Crippen LogP contribution is 2.31. The molecule has 1 nitrogen and oxygen atoms in total. The molecule has 0 spiro atoms. The smallest absolute Gasteiger partial charge is 0.131 e. The van der Waals surface area contributed by atoms with Gasteiger partial charge in [-0.25, -0.2) is 4.39 Å². The van der Waals surface area contributed by atoms with Gasteiger partial charge < -0.3 is 5.11 Å². The normalized spacial score (nSPS) is 20.8. The number of rotatable bonds is 1. The average Bonchev–Trinajstić information content (AvgIpc) is 2.15. The fourth-order valence-corrected chi connectivity index (χ4v) is 2.43. The van der Waals surface area contributed by atoms with Gasteiger partial charge in [-0.15, -0.1) is 0 Å². The summed E-state index contributed by atoms with van der Waals surface area (Å²) >= 11 is 0. The number of aliphatic hydroxyl groups excluding tert-OH is 1. The zero-order chi connectivity index (χ0) is 11.7. The maximum atomic E-state index is 13.9. The summed E-state index contributed by atoms with van der Waals surface area (Å²) in [6.45, 7) is 3.82. The van der Waals surface area contributed by atoms with Gasteiger partial charge in [0, 0.05) is 5.56 Å². The first-order valence-corrected chi connectivity index (χ1v) is 5.74. The summed E-state index contributed by atoms with van der Waals surface area (Å²) in [6, 6.07) is 3.55. The summed E-state index contributed by atoms with van der Waals surface area (Å²) in [7, 11) is 0. The lowest BCUT2D eigenvalue weighted by atomic mass is 9.89. The molecule has 0 aliphatic heterocycles. The van der Waals surface area contributed by atoms with Gasteiger partial charge in [0.05, 0.1) is 6.10 Å². The van der Waals surface area contributed by atoms with Crippen LogP contribution < -0.4 is 0 Å². The summed E-state index contributed by atoms with van der Waals surface area (Å²) in [5.41, 5.74) is 3.53. The number of aryl methyl sites for hydroxylation is 2. The molecule has 1 aromatic carbocycles. The fourth-order valence-electron chi connectivity index (χ4n) is 2.43. The van der Waals surface area contributed by atoms with Crippen LogP contribution in [0.1, 0.15) is 36.0 Å². The molecular formula is C14H17FO. The van der Waals surface area contributed by atoms with Crippen molar-refractivity contribution in [2.24, 2.45) is 0 Å². The van der Waals surface area contributed by atoms with Gasteiger partial charge in [-0.1, -0.05) is 12.1 Å². The van der Waals surface area contributed by atoms with Gasteiger partial charge in [0.15, 0.2) is 0 Å². The molecular weight excluding hydrogens is 203 g/mol. The van der Waals surface area contributed by atoms with Crippen molar-refractivity contribution in [2.75, 3.05) is 0 Å². The van der Waals surface area contributed by atoms with Gasteiger partial charge in [0.2, 0.25) is 0 Å². The Bertz CT molecular complexity index is 411. The van der Waals surface area contributed by atoms with Crippen LogP contribution in [0, 0.1) is 19.7 Å². The predicted molar refractivity (Wildman–Crippen MR) is 63.7 cm³/mol. The summed E-state index contributed by atoms with van der Waals surface area (Å²) in [5.74, 6) is -0.169. The highest BCUT2D eigenvalue weighted by Gasteiger charge is 2.17. The van der Waals surface area contributed by atoms with Gasteiger partial charge in [0.25, 0.3) is 0 Å². The summed E-state index contributed by atoms with van der Waals surface area (Å²) in [4.78, 5) is 0. The molecule has 2 heteroatoms. The van der Waals surface area contributed by atoms with Crippen molar-refractivity contribution >= 4 is 5.57 Å². The van der Waals surface area contributed by atoms with Gasteiger partial charge in [-0.05, 0) is 55.9 Å². The Hall–Kier alpha value is -1.15. The van der Waals surface area contributed by atoms with Crippen LogP contribution in [0.3, 0.4) is 0 Å². The number of hydrogen-bond acceptors (Lipinski definition) is 1. The van der Waals surface area contributed by atoms with Gasteiger partial charge in [0.1, 0.15) is 5.82 Å². The van der Waals surface area contributed by atoms with E-state index in [9.17, 15) is 9.50 Å². The third-order valence-electron chi connectivity index (χ3n) is 3.09. The highest BCUT2D eigenvalue weighted by atomic mass is 19.1. The van der Waals surface area contributed by atoms with Crippen molar-refractivity contribution in [3.05, 3.63) is 40.7 Å². The molecule has 2 rings (SSSR count). The van der Waals surface area contributed by atoms with E-state index in [1.165, 1.54) is 0 Å². The quantitative estimate of drug-likeness (QED) is 0.769. The minimum absolute atomic E-state index is 0.169. The van der Waals surface area contributed by atoms with Crippen LogP contribution in [0.2, 0.25) is 0 Å². The predicted octanol–water partition coefficient (Wildman–Crippen LogP) is 3.37. The van der Waals surface area contributed by atoms with Gasteiger partial charge in [-0.2, -0.15) is 0 Å². The Morgan fingerprint density at radius 2 is 2.06 bits per heavy atom. The second-order valence-electron chi connectivity index (χ2n) is 4.59. The Labute approximate surface area is 95.6 Å². The summed E-state index contributed by atoms with van der Waals surface area (Å²) in [6.07, 6.45) is 3.96. The molecule has 1 aliphatic rings. The van der Waals surface area contributed by atoms with Crippen LogP contribution in [-0.4, -0.2) is 11.2 Å². The summed E-state index contributed by atoms with van der Waals surface area (Å²) in [5, 5.41) is 9.58. The van der Waals surface area contributed by atoms with Gasteiger partial charge >= 0.3 is 0 Å². The molecule has 1 unspecified atom stereocenters. The lowest BCUT2D eigenvalue weighted by molar-refractivity contribution is 0.206. The molecule has 1 N–H and O–H groups in total. The van der Waals surface area contributed by atoms with Crippen LogP contribution in [0.5, 0.6) is 0 Å². The first kappa shape index (κ1) is 11.3. The van der Waals surface area contributed by atoms with E-state index in [0.717, 1.165) is 36.0 Å². The fraction of sp³-hybridized carbons (Fsp3) is 0.429. The molecule has 0 fully saturated rings. The minimum atomic E-state index is -0.413. The molecule has 1 atom stereocenters. The van der Waals surface area contributed by atoms with E-state index < -0.39 is 6.10 Å². The Morgan fingerprint density at radius 1 is 1.31 bits per heavy atom. The van der Waals surface area contributed by atoms with Gasteiger partial charge in [-0.3, -0.25) is 0 Å². The number of allylic oxidation sites excluding steroid dienone is 1. The van der Waals surface area contributed by atoms with E-state index in [4.69, 9.17) is 0 Å². The van der Waals surface area contributed by atoms with Crippen molar-refractivity contribution < 1.29 is 9.50 Å². The SMILES string of the molecule is Cc1cc(C)c(C2=CC(O)CCC2)c(F)c1. The molecule has 86 valence electrons. The molecule has 0 saturated carbocycles. The Morgan fingerprint density at radius 3 is 2.69 bits per heavy atom. The standard InChI is InChI=1S/C14H17FO/c1-9-6-10(2)14(13(15)7-9)11-4-3-5-12(16)8-11/h6-8,12,16H,3-5H2,1-2H3. The third-order valence-corrected chi connectivity index (χ3v) is 3.09. The van der Waals surface area contributed by atoms with Crippen LogP contribution >= 0.6 is 0 Å². The molecule has 16 heavy (non-hydrogen) atoms. The molecule has 1 aromatic rings. The van der Waals surface area contributed by atoms with E-state index in [0.29, 0.717) is 5.56 Å². The summed E-state index contributed by atoms with van der Waals surface area (Å²) < 4.78 is 13.9. The maximum Gasteiger partial charge on any atom is 0.131 e. The molecule has 0 amide bonds. The lowest BCUT2D eigenvalue weighted by Crippen LogP contribution is -2.10. The van der Waals surface area contributed by atoms with Crippen molar-refractivity contribution in [1.82, 2.24) is 0 Å². The van der Waals surface area contributed by atoms with Crippen molar-refractivity contribution in [2.45, 2.75) is 39.2 Å². The monoisotopic (exact) mass is 220 g/mol. The van der Waals surface area contributed by atoms with Crippen molar-refractivity contribution in [3.63, 3.8) is 0 Å². The van der Waals surface area contributed by atoms with E-state index in [1.807, 2.05) is 19.9 Å². The third kappa shape index (κ3) is 2.17. The molecule has 0 heterocycles. The number of halogens is 1. The number of aliphatic hydroxyl groups is 1. The maximum absolute atomic E-state index is 13.9. The zero-order valence-corrected chi connectivity index (χ0v) is 9.76. The van der Waals surface area contributed by atoms with E-state index >= 15 is 0 Å². The second-order valence-corrected chi connectivity index (χ2v) is 4.59. The molecule has 0 aromatic heterocycles. The minimum Gasteiger partial charge on any atom is -0.389 e. The van der Waals surface area contributed by atoms with Crippen LogP contribution in [0.4, 0.5) is 4.39 Å². The molecule has 1 aliphatic carbocycles. The van der Waals surface area contributed by atoms with Crippen LogP contribution in [0.25, 0.3) is 5.57 Å². The average molecular weight is 220 g/mol. The van der Waals surface area contributed by atoms with Crippen LogP contribution in [-0.2, 0) is 0 Å². The van der Waals surface area contributed by atoms with E-state index in [2.05, 4.69) is 0 Å². The van der Waals surface area contributed by atoms with Crippen molar-refractivity contribution in [3.8, 4) is 0 Å². The molecule has 0 radical (unpaired) electrons. The van der Waals surface area contributed by atoms with Crippen LogP contribution in [0.15, 0.2) is 18.2 Å². The first-order valence-electron chi connectivity index (χ1n) is 5.74. The number of benzene rings is 1. The van der Waals surface area contributed by atoms with Crippen molar-refractivity contribution in [1.29, 1.82) is 0 Å². The number of hydrogen-bond donors (Lipinski definition) is 1. The second kappa shape index (κ2) is 4.38. The Kier molecular flexibility index (Phi) is 3.10. The topological polar surface area (TPSA) is 20.2 Å². The zero-order valence-electron chi connectivity index (χ0n) is 9.76. The molecule has 0 bridgehead atoms. The highest BCUT2D eigenvalue weighted by molar-refractivity contribution is 5.70. The first-order chi connectivity index (χ1) is 7.58. The van der Waals surface area contributed by atoms with E-state index in [1.54, 1.807) is 12.1 Å².